The number of hydrogen-bond acceptors (Lipinski definition) is 1. The van der Waals surface area contributed by atoms with Gasteiger partial charge in [-0.15, -0.1) is 0 Å². The molecule has 0 aliphatic heterocycles. The maximum absolute atomic E-state index is 6.20. The van der Waals surface area contributed by atoms with Gasteiger partial charge < -0.3 is 5.32 Å². The largest absolute Gasteiger partial charge is 0.316 e. The van der Waals surface area contributed by atoms with Crippen LogP contribution in [-0.2, 0) is 6.42 Å². The van der Waals surface area contributed by atoms with Crippen molar-refractivity contribution >= 4 is 23.2 Å². The summed E-state index contributed by atoms with van der Waals surface area (Å²) in [4.78, 5) is 0. The van der Waals surface area contributed by atoms with Crippen molar-refractivity contribution in [1.29, 1.82) is 0 Å². The van der Waals surface area contributed by atoms with E-state index in [0.717, 1.165) is 22.0 Å². The standard InChI is InChI=1S/C14H21Cl2N/c1-9(2)10(3)14(17-4)8-11-12(15)6-5-7-13(11)16/h5-7,9-10,14,17H,8H2,1-4H3. The lowest BCUT2D eigenvalue weighted by Crippen LogP contribution is -2.36. The van der Waals surface area contributed by atoms with Crippen LogP contribution < -0.4 is 5.32 Å². The van der Waals surface area contributed by atoms with E-state index in [2.05, 4.69) is 26.1 Å². The molecule has 0 aromatic heterocycles. The zero-order valence-corrected chi connectivity index (χ0v) is 12.4. The minimum absolute atomic E-state index is 0.396. The van der Waals surface area contributed by atoms with Crippen LogP contribution in [0.3, 0.4) is 0 Å². The van der Waals surface area contributed by atoms with Crippen LogP contribution in [0.2, 0.25) is 10.0 Å². The normalized spacial score (nSPS) is 15.0. The second kappa shape index (κ2) is 6.63. The van der Waals surface area contributed by atoms with Crippen LogP contribution in [0, 0.1) is 11.8 Å². The Morgan fingerprint density at radius 2 is 1.65 bits per heavy atom. The van der Waals surface area contributed by atoms with Gasteiger partial charge in [-0.05, 0) is 43.0 Å². The fourth-order valence-electron chi connectivity index (χ4n) is 1.96. The summed E-state index contributed by atoms with van der Waals surface area (Å²) in [5.41, 5.74) is 1.04. The lowest BCUT2D eigenvalue weighted by molar-refractivity contribution is 0.310. The Hall–Kier alpha value is -0.240. The van der Waals surface area contributed by atoms with Crippen molar-refractivity contribution in [2.24, 2.45) is 11.8 Å². The van der Waals surface area contributed by atoms with E-state index in [9.17, 15) is 0 Å². The molecule has 1 rings (SSSR count). The Labute approximate surface area is 115 Å². The van der Waals surface area contributed by atoms with Crippen molar-refractivity contribution in [2.75, 3.05) is 7.05 Å². The average molecular weight is 274 g/mol. The van der Waals surface area contributed by atoms with Gasteiger partial charge >= 0.3 is 0 Å². The maximum Gasteiger partial charge on any atom is 0.0453 e. The fraction of sp³-hybridized carbons (Fsp3) is 0.571. The Morgan fingerprint density at radius 1 is 1.12 bits per heavy atom. The quantitative estimate of drug-likeness (QED) is 0.838. The first-order valence-electron chi connectivity index (χ1n) is 6.07. The number of hydrogen-bond donors (Lipinski definition) is 1. The molecule has 0 spiro atoms. The first-order chi connectivity index (χ1) is 7.97. The van der Waals surface area contributed by atoms with Gasteiger partial charge in [-0.3, -0.25) is 0 Å². The average Bonchev–Trinajstić information content (AvgIpc) is 2.28. The molecule has 2 atom stereocenters. The van der Waals surface area contributed by atoms with Gasteiger partial charge in [0.1, 0.15) is 0 Å². The van der Waals surface area contributed by atoms with Crippen LogP contribution in [0.15, 0.2) is 18.2 Å². The first-order valence-corrected chi connectivity index (χ1v) is 6.83. The molecule has 1 aromatic rings. The lowest BCUT2D eigenvalue weighted by atomic mass is 9.86. The topological polar surface area (TPSA) is 12.0 Å². The number of rotatable bonds is 5. The van der Waals surface area contributed by atoms with Crippen molar-refractivity contribution in [1.82, 2.24) is 5.32 Å². The minimum atomic E-state index is 0.396. The van der Waals surface area contributed by atoms with Crippen molar-refractivity contribution < 1.29 is 0 Å². The third-order valence-corrected chi connectivity index (χ3v) is 4.25. The van der Waals surface area contributed by atoms with E-state index in [-0.39, 0.29) is 0 Å². The van der Waals surface area contributed by atoms with E-state index in [4.69, 9.17) is 23.2 Å². The summed E-state index contributed by atoms with van der Waals surface area (Å²) < 4.78 is 0. The van der Waals surface area contributed by atoms with Gasteiger partial charge in [0, 0.05) is 16.1 Å². The molecule has 0 bridgehead atoms. The van der Waals surface area contributed by atoms with Gasteiger partial charge in [0.2, 0.25) is 0 Å². The summed E-state index contributed by atoms with van der Waals surface area (Å²) in [6.07, 6.45) is 0.869. The van der Waals surface area contributed by atoms with Gasteiger partial charge in [-0.1, -0.05) is 50.0 Å². The van der Waals surface area contributed by atoms with E-state index in [1.807, 2.05) is 25.2 Å². The highest BCUT2D eigenvalue weighted by molar-refractivity contribution is 6.35. The van der Waals surface area contributed by atoms with Crippen LogP contribution in [0.5, 0.6) is 0 Å². The van der Waals surface area contributed by atoms with Crippen LogP contribution in [0.1, 0.15) is 26.3 Å². The van der Waals surface area contributed by atoms with Crippen molar-refractivity contribution in [2.45, 2.75) is 33.2 Å². The molecule has 0 radical (unpaired) electrons. The van der Waals surface area contributed by atoms with Crippen molar-refractivity contribution in [3.8, 4) is 0 Å². The molecule has 1 nitrogen and oxygen atoms in total. The Balaban J connectivity index is 2.88. The van der Waals surface area contributed by atoms with Crippen LogP contribution in [0.25, 0.3) is 0 Å². The maximum atomic E-state index is 6.20. The highest BCUT2D eigenvalue weighted by Crippen LogP contribution is 2.28. The minimum Gasteiger partial charge on any atom is -0.316 e. The molecule has 0 aliphatic carbocycles. The van der Waals surface area contributed by atoms with Crippen LogP contribution in [-0.4, -0.2) is 13.1 Å². The highest BCUT2D eigenvalue weighted by Gasteiger charge is 2.20. The molecule has 1 aromatic carbocycles. The molecule has 0 fully saturated rings. The number of likely N-dealkylation sites (N-methyl/N-ethyl adjacent to an activating group) is 1. The summed E-state index contributed by atoms with van der Waals surface area (Å²) in [6, 6.07) is 6.08. The smallest absolute Gasteiger partial charge is 0.0453 e. The number of nitrogens with one attached hydrogen (secondary N) is 1. The van der Waals surface area contributed by atoms with Gasteiger partial charge in [0.15, 0.2) is 0 Å². The molecular formula is C14H21Cl2N. The van der Waals surface area contributed by atoms with Crippen LogP contribution >= 0.6 is 23.2 Å². The van der Waals surface area contributed by atoms with E-state index < -0.39 is 0 Å². The van der Waals surface area contributed by atoms with E-state index in [0.29, 0.717) is 17.9 Å². The number of benzene rings is 1. The summed E-state index contributed by atoms with van der Waals surface area (Å²) >= 11 is 12.4. The molecule has 0 saturated heterocycles. The summed E-state index contributed by atoms with van der Waals surface area (Å²) in [7, 11) is 1.99. The Kier molecular flexibility index (Phi) is 5.78. The predicted octanol–water partition coefficient (Wildman–Crippen LogP) is 4.42. The summed E-state index contributed by atoms with van der Waals surface area (Å²) in [6.45, 7) is 6.74. The van der Waals surface area contributed by atoms with Gasteiger partial charge in [0.25, 0.3) is 0 Å². The molecule has 0 heterocycles. The predicted molar refractivity (Wildman–Crippen MR) is 77.0 cm³/mol. The summed E-state index contributed by atoms with van der Waals surface area (Å²) in [5.74, 6) is 1.21. The van der Waals surface area contributed by atoms with Gasteiger partial charge in [-0.25, -0.2) is 0 Å². The number of halogens is 2. The monoisotopic (exact) mass is 273 g/mol. The molecule has 0 amide bonds. The summed E-state index contributed by atoms with van der Waals surface area (Å²) in [5, 5.41) is 4.88. The third kappa shape index (κ3) is 3.87. The first kappa shape index (κ1) is 14.8. The van der Waals surface area contributed by atoms with Crippen molar-refractivity contribution in [3.63, 3.8) is 0 Å². The SMILES string of the molecule is CNC(Cc1c(Cl)cccc1Cl)C(C)C(C)C. The van der Waals surface area contributed by atoms with E-state index in [1.165, 1.54) is 0 Å². The zero-order chi connectivity index (χ0) is 13.0. The second-order valence-corrected chi connectivity index (χ2v) is 5.72. The van der Waals surface area contributed by atoms with E-state index >= 15 is 0 Å². The zero-order valence-electron chi connectivity index (χ0n) is 10.9. The highest BCUT2D eigenvalue weighted by atomic mass is 35.5. The van der Waals surface area contributed by atoms with Crippen LogP contribution in [0.4, 0.5) is 0 Å². The molecule has 96 valence electrons. The Bertz CT molecular complexity index is 343. The molecule has 1 N–H and O–H groups in total. The lowest BCUT2D eigenvalue weighted by Gasteiger charge is -2.27. The molecule has 0 aliphatic rings. The molecule has 17 heavy (non-hydrogen) atoms. The molecule has 3 heteroatoms. The molecule has 0 saturated carbocycles. The fourth-order valence-corrected chi connectivity index (χ4v) is 2.51. The molecule has 2 unspecified atom stereocenters. The van der Waals surface area contributed by atoms with Gasteiger partial charge in [0.05, 0.1) is 0 Å². The molecular weight excluding hydrogens is 253 g/mol. The van der Waals surface area contributed by atoms with Crippen molar-refractivity contribution in [3.05, 3.63) is 33.8 Å². The Morgan fingerprint density at radius 3 is 2.06 bits per heavy atom. The third-order valence-electron chi connectivity index (χ3n) is 3.54. The second-order valence-electron chi connectivity index (χ2n) is 4.90. The van der Waals surface area contributed by atoms with Gasteiger partial charge in [-0.2, -0.15) is 0 Å². The van der Waals surface area contributed by atoms with E-state index in [1.54, 1.807) is 0 Å².